The van der Waals surface area contributed by atoms with Crippen LogP contribution in [0.1, 0.15) is 11.1 Å². The van der Waals surface area contributed by atoms with Gasteiger partial charge in [-0.05, 0) is 49.2 Å². The highest BCUT2D eigenvalue weighted by Gasteiger charge is 2.30. The molecule has 3 aromatic carbocycles. The summed E-state index contributed by atoms with van der Waals surface area (Å²) in [6, 6.07) is 20.4. The number of ether oxygens (including phenoxy) is 1. The van der Waals surface area contributed by atoms with Crippen molar-refractivity contribution in [2.45, 2.75) is 22.6 Å². The largest absolute Gasteiger partial charge is 0.505 e. The Morgan fingerprint density at radius 1 is 0.973 bits per heavy atom. The van der Waals surface area contributed by atoms with Gasteiger partial charge < -0.3 is 14.3 Å². The second kappa shape index (κ2) is 8.97. The number of benzene rings is 3. The van der Waals surface area contributed by atoms with Gasteiger partial charge in [-0.1, -0.05) is 48.2 Å². The number of nitrogens with zero attached hydrogens (tertiary/aromatic N) is 1. The predicted molar refractivity (Wildman–Crippen MR) is 140 cm³/mol. The van der Waals surface area contributed by atoms with E-state index in [1.165, 1.54) is 18.2 Å². The van der Waals surface area contributed by atoms with Crippen LogP contribution in [0.4, 0.5) is 4.39 Å². The van der Waals surface area contributed by atoms with Crippen molar-refractivity contribution in [3.05, 3.63) is 111 Å². The van der Waals surface area contributed by atoms with Gasteiger partial charge in [0.05, 0.1) is 12.8 Å². The number of hydrogen-bond donors (Lipinski definition) is 1. The fourth-order valence-electron chi connectivity index (χ4n) is 4.94. The van der Waals surface area contributed by atoms with E-state index in [0.717, 1.165) is 22.9 Å². The van der Waals surface area contributed by atoms with Gasteiger partial charge in [-0.3, -0.25) is 9.36 Å². The SMILES string of the molecule is COc1cccc2c1CCc1c-2n(-c2ccccc2)c(=O)c2c(O)c(Sc3cccc(F)c3)c(=O)oc12. The van der Waals surface area contributed by atoms with Gasteiger partial charge >= 0.3 is 5.63 Å². The van der Waals surface area contributed by atoms with E-state index < -0.39 is 22.8 Å². The van der Waals surface area contributed by atoms with Crippen molar-refractivity contribution in [1.82, 2.24) is 4.57 Å². The lowest BCUT2D eigenvalue weighted by atomic mass is 9.87. The Balaban J connectivity index is 1.71. The summed E-state index contributed by atoms with van der Waals surface area (Å²) in [6.45, 7) is 0. The van der Waals surface area contributed by atoms with E-state index in [4.69, 9.17) is 9.15 Å². The van der Waals surface area contributed by atoms with Crippen LogP contribution < -0.4 is 15.9 Å². The Hall–Kier alpha value is -4.30. The summed E-state index contributed by atoms with van der Waals surface area (Å²) in [4.78, 5) is 27.4. The molecule has 0 unspecified atom stereocenters. The fraction of sp³-hybridized carbons (Fsp3) is 0.103. The minimum atomic E-state index is -0.797. The molecule has 6 nitrogen and oxygen atoms in total. The van der Waals surface area contributed by atoms with Crippen LogP contribution in [-0.4, -0.2) is 16.8 Å². The number of rotatable bonds is 4. The van der Waals surface area contributed by atoms with Gasteiger partial charge in [-0.2, -0.15) is 0 Å². The summed E-state index contributed by atoms with van der Waals surface area (Å²) in [6.07, 6.45) is 1.06. The van der Waals surface area contributed by atoms with Crippen LogP contribution in [0.3, 0.4) is 0 Å². The number of aromatic nitrogens is 1. The number of aryl methyl sites for hydroxylation is 1. The van der Waals surface area contributed by atoms with E-state index in [-0.39, 0.29) is 15.9 Å². The highest BCUT2D eigenvalue weighted by atomic mass is 32.2. The maximum Gasteiger partial charge on any atom is 0.354 e. The zero-order chi connectivity index (χ0) is 25.7. The second-order valence-corrected chi connectivity index (χ2v) is 9.70. The average Bonchev–Trinajstić information content (AvgIpc) is 2.91. The van der Waals surface area contributed by atoms with Gasteiger partial charge in [0.25, 0.3) is 5.56 Å². The number of para-hydroxylation sites is 1. The van der Waals surface area contributed by atoms with Gasteiger partial charge in [-0.15, -0.1) is 0 Å². The van der Waals surface area contributed by atoms with Crippen molar-refractivity contribution >= 4 is 22.7 Å². The molecule has 2 heterocycles. The third-order valence-electron chi connectivity index (χ3n) is 6.52. The van der Waals surface area contributed by atoms with Gasteiger partial charge in [-0.25, -0.2) is 9.18 Å². The predicted octanol–water partition coefficient (Wildman–Crippen LogP) is 5.71. The first-order valence-electron chi connectivity index (χ1n) is 11.6. The van der Waals surface area contributed by atoms with Crippen LogP contribution in [0, 0.1) is 5.82 Å². The molecule has 37 heavy (non-hydrogen) atoms. The number of aromatic hydroxyl groups is 1. The maximum absolute atomic E-state index is 14.1. The molecule has 0 aliphatic heterocycles. The molecule has 2 aromatic heterocycles. The Bertz CT molecular complexity index is 1810. The summed E-state index contributed by atoms with van der Waals surface area (Å²) in [5, 5.41) is 11.2. The normalized spacial score (nSPS) is 12.3. The van der Waals surface area contributed by atoms with Crippen molar-refractivity contribution in [2.75, 3.05) is 7.11 Å². The van der Waals surface area contributed by atoms with Crippen LogP contribution >= 0.6 is 11.8 Å². The molecule has 8 heteroatoms. The Labute approximate surface area is 214 Å². The summed E-state index contributed by atoms with van der Waals surface area (Å²) < 4.78 is 26.6. The van der Waals surface area contributed by atoms with Crippen LogP contribution in [0.15, 0.2) is 96.6 Å². The first-order valence-corrected chi connectivity index (χ1v) is 12.4. The number of halogens is 1. The van der Waals surface area contributed by atoms with Crippen molar-refractivity contribution < 1.29 is 18.7 Å². The fourth-order valence-corrected chi connectivity index (χ4v) is 5.82. The van der Waals surface area contributed by atoms with E-state index in [1.54, 1.807) is 29.9 Å². The van der Waals surface area contributed by atoms with E-state index in [0.29, 0.717) is 40.4 Å². The van der Waals surface area contributed by atoms with Crippen molar-refractivity contribution in [3.63, 3.8) is 0 Å². The third-order valence-corrected chi connectivity index (χ3v) is 7.58. The lowest BCUT2D eigenvalue weighted by Crippen LogP contribution is -2.26. The molecule has 1 N–H and O–H groups in total. The van der Waals surface area contributed by atoms with Crippen LogP contribution in [0.2, 0.25) is 0 Å². The Morgan fingerprint density at radius 3 is 2.49 bits per heavy atom. The van der Waals surface area contributed by atoms with Gasteiger partial charge in [0.15, 0.2) is 11.3 Å². The van der Waals surface area contributed by atoms with Crippen molar-refractivity contribution in [2.24, 2.45) is 0 Å². The second-order valence-electron chi connectivity index (χ2n) is 8.62. The molecule has 184 valence electrons. The van der Waals surface area contributed by atoms with E-state index in [1.807, 2.05) is 36.4 Å². The average molecular weight is 514 g/mol. The number of fused-ring (bicyclic) bond motifs is 5. The van der Waals surface area contributed by atoms with Gasteiger partial charge in [0, 0.05) is 27.3 Å². The molecule has 5 aromatic rings. The first kappa shape index (κ1) is 23.1. The Morgan fingerprint density at radius 2 is 1.73 bits per heavy atom. The zero-order valence-corrected chi connectivity index (χ0v) is 20.5. The van der Waals surface area contributed by atoms with Crippen molar-refractivity contribution in [3.8, 4) is 28.4 Å². The van der Waals surface area contributed by atoms with Gasteiger partial charge in [0.1, 0.15) is 21.8 Å². The van der Waals surface area contributed by atoms with E-state index in [2.05, 4.69) is 0 Å². The minimum Gasteiger partial charge on any atom is -0.505 e. The monoisotopic (exact) mass is 513 g/mol. The first-order chi connectivity index (χ1) is 18.0. The molecule has 0 radical (unpaired) electrons. The van der Waals surface area contributed by atoms with E-state index >= 15 is 0 Å². The molecule has 0 saturated heterocycles. The van der Waals surface area contributed by atoms with Crippen LogP contribution in [0.25, 0.3) is 27.9 Å². The maximum atomic E-state index is 14.1. The quantitative estimate of drug-likeness (QED) is 0.331. The third kappa shape index (κ3) is 3.72. The number of hydrogen-bond acceptors (Lipinski definition) is 6. The Kier molecular flexibility index (Phi) is 5.61. The molecule has 0 amide bonds. The van der Waals surface area contributed by atoms with Gasteiger partial charge in [0.2, 0.25) is 0 Å². The lowest BCUT2D eigenvalue weighted by molar-refractivity contribution is 0.409. The van der Waals surface area contributed by atoms with E-state index in [9.17, 15) is 19.1 Å². The van der Waals surface area contributed by atoms with Crippen LogP contribution in [-0.2, 0) is 12.8 Å². The lowest BCUT2D eigenvalue weighted by Gasteiger charge is -2.26. The zero-order valence-electron chi connectivity index (χ0n) is 19.7. The molecule has 0 fully saturated rings. The summed E-state index contributed by atoms with van der Waals surface area (Å²) in [5.74, 6) is -0.250. The van der Waals surface area contributed by atoms with Crippen LogP contribution in [0.5, 0.6) is 11.5 Å². The topological polar surface area (TPSA) is 81.7 Å². The molecule has 0 bridgehead atoms. The smallest absolute Gasteiger partial charge is 0.354 e. The van der Waals surface area contributed by atoms with Crippen molar-refractivity contribution in [1.29, 1.82) is 0 Å². The number of methoxy groups -OCH3 is 1. The molecule has 6 rings (SSSR count). The molecular weight excluding hydrogens is 493 g/mol. The highest BCUT2D eigenvalue weighted by Crippen LogP contribution is 2.43. The standard InChI is InChI=1S/C29H20FNO5S/c1-35-22-12-6-11-20-19(22)13-14-21-24(20)31(17-8-3-2-4-9-17)28(33)23-25(32)27(29(34)36-26(21)23)37-18-10-5-7-16(30)15-18/h2-12,15,32H,13-14H2,1H3. The minimum absolute atomic E-state index is 0.0618. The summed E-state index contributed by atoms with van der Waals surface area (Å²) in [7, 11) is 1.60. The molecular formula is C29H20FNO5S. The number of pyridine rings is 1. The highest BCUT2D eigenvalue weighted by molar-refractivity contribution is 7.99. The molecule has 0 spiro atoms. The molecule has 0 atom stereocenters. The summed E-state index contributed by atoms with van der Waals surface area (Å²) >= 11 is 0.850. The molecule has 0 saturated carbocycles. The molecule has 1 aliphatic carbocycles. The molecule has 1 aliphatic rings. The summed E-state index contributed by atoms with van der Waals surface area (Å²) in [5.41, 5.74) is 2.33.